The summed E-state index contributed by atoms with van der Waals surface area (Å²) in [5.74, 6) is 2.76. The highest BCUT2D eigenvalue weighted by molar-refractivity contribution is 14.0. The van der Waals surface area contributed by atoms with Gasteiger partial charge in [0.1, 0.15) is 17.6 Å². The maximum atomic E-state index is 12.0. The molecule has 0 aromatic heterocycles. The third-order valence-electron chi connectivity index (χ3n) is 5.44. The third-order valence-corrected chi connectivity index (χ3v) is 5.44. The Morgan fingerprint density at radius 1 is 1.29 bits per heavy atom. The number of carbonyl (C=O) groups excluding carboxylic acids is 1. The van der Waals surface area contributed by atoms with Crippen LogP contribution in [0.4, 0.5) is 0 Å². The van der Waals surface area contributed by atoms with Gasteiger partial charge in [-0.15, -0.1) is 24.0 Å². The number of aliphatic imine (C=N–C) groups is 1. The van der Waals surface area contributed by atoms with Crippen LogP contribution in [0.15, 0.2) is 17.1 Å². The largest absolute Gasteiger partial charge is 0.496 e. The second-order valence-corrected chi connectivity index (χ2v) is 8.29. The molecule has 1 aromatic rings. The Morgan fingerprint density at radius 3 is 2.61 bits per heavy atom. The predicted octanol–water partition coefficient (Wildman–Crippen LogP) is 1.85. The molecule has 2 N–H and O–H groups in total. The summed E-state index contributed by atoms with van der Waals surface area (Å²) in [6.07, 6.45) is 1.13. The quantitative estimate of drug-likeness (QED) is 0.323. The molecule has 0 bridgehead atoms. The molecule has 0 saturated carbocycles. The lowest BCUT2D eigenvalue weighted by Crippen LogP contribution is -2.54. The summed E-state index contributed by atoms with van der Waals surface area (Å²) < 4.78 is 11.5. The van der Waals surface area contributed by atoms with Crippen molar-refractivity contribution >= 4 is 35.8 Å². The van der Waals surface area contributed by atoms with Crippen LogP contribution in [-0.4, -0.2) is 80.7 Å². The Balaban J connectivity index is 0.00000341. The van der Waals surface area contributed by atoms with Gasteiger partial charge in [0.2, 0.25) is 5.91 Å². The van der Waals surface area contributed by atoms with Crippen molar-refractivity contribution in [1.82, 2.24) is 20.4 Å². The Labute approximate surface area is 202 Å². The van der Waals surface area contributed by atoms with Crippen LogP contribution in [0.2, 0.25) is 0 Å². The maximum Gasteiger partial charge on any atom is 0.234 e. The highest BCUT2D eigenvalue weighted by Crippen LogP contribution is 2.34. The highest BCUT2D eigenvalue weighted by Gasteiger charge is 2.23. The number of rotatable bonds is 6. The van der Waals surface area contributed by atoms with Crippen LogP contribution < -0.4 is 20.1 Å². The zero-order valence-electron chi connectivity index (χ0n) is 19.2. The second kappa shape index (κ2) is 11.8. The van der Waals surface area contributed by atoms with Crippen LogP contribution in [0.1, 0.15) is 31.9 Å². The van der Waals surface area contributed by atoms with Gasteiger partial charge in [-0.25, -0.2) is 0 Å². The molecular formula is C22H36IN5O3. The van der Waals surface area contributed by atoms with E-state index in [0.717, 1.165) is 55.6 Å². The fourth-order valence-electron chi connectivity index (χ4n) is 4.00. The average Bonchev–Trinajstić information content (AvgIpc) is 3.07. The fraction of sp³-hybridized carbons (Fsp3) is 0.636. The minimum absolute atomic E-state index is 0. The lowest BCUT2D eigenvalue weighted by atomic mass is 10.1. The monoisotopic (exact) mass is 545 g/mol. The van der Waals surface area contributed by atoms with Crippen molar-refractivity contribution in [2.45, 2.75) is 45.9 Å². The van der Waals surface area contributed by atoms with E-state index in [0.29, 0.717) is 13.1 Å². The number of ether oxygens (including phenoxy) is 2. The molecule has 2 aliphatic heterocycles. The van der Waals surface area contributed by atoms with Gasteiger partial charge in [-0.1, -0.05) is 0 Å². The zero-order valence-corrected chi connectivity index (χ0v) is 21.6. The van der Waals surface area contributed by atoms with Gasteiger partial charge >= 0.3 is 0 Å². The fourth-order valence-corrected chi connectivity index (χ4v) is 4.00. The molecule has 8 nitrogen and oxygen atoms in total. The van der Waals surface area contributed by atoms with E-state index in [-0.39, 0.29) is 42.0 Å². The predicted molar refractivity (Wildman–Crippen MR) is 134 cm³/mol. The number of nitrogens with zero attached hydrogens (tertiary/aromatic N) is 3. The summed E-state index contributed by atoms with van der Waals surface area (Å²) in [7, 11) is 3.50. The highest BCUT2D eigenvalue weighted by atomic mass is 127. The van der Waals surface area contributed by atoms with Crippen LogP contribution in [0, 0.1) is 0 Å². The number of fused-ring (bicyclic) bond motifs is 1. The molecule has 174 valence electrons. The summed E-state index contributed by atoms with van der Waals surface area (Å²) in [6.45, 7) is 10.4. The summed E-state index contributed by atoms with van der Waals surface area (Å²) in [5, 5.41) is 6.41. The number of methoxy groups -OCH3 is 1. The molecule has 1 amide bonds. The van der Waals surface area contributed by atoms with Crippen LogP contribution >= 0.6 is 24.0 Å². The van der Waals surface area contributed by atoms with Crippen LogP contribution in [0.25, 0.3) is 0 Å². The Hall–Kier alpha value is -1.75. The standard InChI is InChI=1S/C22H35N5O3.HI/c1-15(2)25-21(28)14-26-6-8-27(9-7-26)22(23-4)24-13-18-12-20-17(10-16(3)30-20)11-19(18)29-5;/h11-12,15-16H,6-10,13-14H2,1-5H3,(H,23,24)(H,25,28);1H. The summed E-state index contributed by atoms with van der Waals surface area (Å²) in [6, 6.07) is 4.33. The van der Waals surface area contributed by atoms with Gasteiger partial charge in [0, 0.05) is 63.4 Å². The number of amides is 1. The van der Waals surface area contributed by atoms with E-state index in [9.17, 15) is 4.79 Å². The number of hydrogen-bond donors (Lipinski definition) is 2. The van der Waals surface area contributed by atoms with Crippen molar-refractivity contribution in [3.8, 4) is 11.5 Å². The molecule has 1 saturated heterocycles. The molecular weight excluding hydrogens is 509 g/mol. The van der Waals surface area contributed by atoms with Crippen molar-refractivity contribution in [2.75, 3.05) is 46.9 Å². The number of carbonyl (C=O) groups is 1. The van der Waals surface area contributed by atoms with Crippen molar-refractivity contribution in [2.24, 2.45) is 4.99 Å². The molecule has 3 rings (SSSR count). The topological polar surface area (TPSA) is 78.4 Å². The number of piperazine rings is 1. The zero-order chi connectivity index (χ0) is 21.7. The van der Waals surface area contributed by atoms with Crippen LogP contribution in [0.3, 0.4) is 0 Å². The Morgan fingerprint density at radius 2 is 2.00 bits per heavy atom. The van der Waals surface area contributed by atoms with E-state index >= 15 is 0 Å². The molecule has 1 unspecified atom stereocenters. The Kier molecular flexibility index (Phi) is 9.67. The third kappa shape index (κ3) is 6.86. The molecule has 1 fully saturated rings. The molecule has 0 radical (unpaired) electrons. The van der Waals surface area contributed by atoms with E-state index in [1.165, 1.54) is 5.56 Å². The summed E-state index contributed by atoms with van der Waals surface area (Å²) >= 11 is 0. The SMILES string of the molecule is CN=C(NCc1cc2c(cc1OC)CC(C)O2)N1CCN(CC(=O)NC(C)C)CC1.I. The van der Waals surface area contributed by atoms with E-state index in [2.05, 4.69) is 44.5 Å². The first-order valence-electron chi connectivity index (χ1n) is 10.7. The number of guanidine groups is 1. The van der Waals surface area contributed by atoms with Crippen molar-refractivity contribution < 1.29 is 14.3 Å². The van der Waals surface area contributed by atoms with Crippen LogP contribution in [0.5, 0.6) is 11.5 Å². The van der Waals surface area contributed by atoms with Crippen molar-refractivity contribution in [1.29, 1.82) is 0 Å². The minimum atomic E-state index is 0. The number of halogens is 1. The second-order valence-electron chi connectivity index (χ2n) is 8.29. The van der Waals surface area contributed by atoms with Crippen molar-refractivity contribution in [3.63, 3.8) is 0 Å². The van der Waals surface area contributed by atoms with Gasteiger partial charge in [0.25, 0.3) is 0 Å². The number of benzene rings is 1. The van der Waals surface area contributed by atoms with Crippen molar-refractivity contribution in [3.05, 3.63) is 23.3 Å². The first-order valence-corrected chi connectivity index (χ1v) is 10.7. The van der Waals surface area contributed by atoms with Gasteiger partial charge in [-0.3, -0.25) is 14.7 Å². The Bertz CT molecular complexity index is 779. The lowest BCUT2D eigenvalue weighted by molar-refractivity contribution is -0.123. The number of hydrogen-bond acceptors (Lipinski definition) is 5. The van der Waals surface area contributed by atoms with Gasteiger partial charge in [-0.2, -0.15) is 0 Å². The minimum Gasteiger partial charge on any atom is -0.496 e. The average molecular weight is 545 g/mol. The molecule has 0 aliphatic carbocycles. The van der Waals surface area contributed by atoms with E-state index in [4.69, 9.17) is 9.47 Å². The normalized spacial score (nSPS) is 18.8. The lowest BCUT2D eigenvalue weighted by Gasteiger charge is -2.36. The van der Waals surface area contributed by atoms with Gasteiger partial charge in [0.15, 0.2) is 5.96 Å². The molecule has 9 heteroatoms. The molecule has 1 atom stereocenters. The molecule has 0 spiro atoms. The molecule has 31 heavy (non-hydrogen) atoms. The summed E-state index contributed by atoms with van der Waals surface area (Å²) in [5.41, 5.74) is 2.25. The smallest absolute Gasteiger partial charge is 0.234 e. The van der Waals surface area contributed by atoms with Gasteiger partial charge < -0.3 is 25.0 Å². The van der Waals surface area contributed by atoms with E-state index < -0.39 is 0 Å². The number of nitrogens with one attached hydrogen (secondary N) is 2. The van der Waals surface area contributed by atoms with E-state index in [1.807, 2.05) is 13.8 Å². The molecule has 2 heterocycles. The first-order chi connectivity index (χ1) is 14.4. The first kappa shape index (κ1) is 25.5. The van der Waals surface area contributed by atoms with Gasteiger partial charge in [-0.05, 0) is 32.9 Å². The summed E-state index contributed by atoms with van der Waals surface area (Å²) in [4.78, 5) is 20.9. The van der Waals surface area contributed by atoms with Gasteiger partial charge in [0.05, 0.1) is 13.7 Å². The van der Waals surface area contributed by atoms with E-state index in [1.54, 1.807) is 14.2 Å². The maximum absolute atomic E-state index is 12.0. The molecule has 1 aromatic carbocycles. The van der Waals surface area contributed by atoms with Crippen LogP contribution in [-0.2, 0) is 17.8 Å². The molecule has 2 aliphatic rings.